The number of benzene rings is 1. The molecule has 17 heavy (non-hydrogen) atoms. The SMILES string of the molecule is CC1(c2nc3cccc(Cl)c3s2)CCCC1N. The molecule has 0 bridgehead atoms. The molecule has 1 aliphatic rings. The molecule has 2 unspecified atom stereocenters. The molecule has 0 radical (unpaired) electrons. The predicted octanol–water partition coefficient (Wildman–Crippen LogP) is 3.72. The fourth-order valence-corrected chi connectivity index (χ4v) is 4.11. The Morgan fingerprint density at radius 2 is 2.35 bits per heavy atom. The maximum Gasteiger partial charge on any atom is 0.101 e. The van der Waals surface area contributed by atoms with Gasteiger partial charge in [-0.05, 0) is 25.0 Å². The lowest BCUT2D eigenvalue weighted by molar-refractivity contribution is 0.428. The normalized spacial score (nSPS) is 29.0. The summed E-state index contributed by atoms with van der Waals surface area (Å²) in [6, 6.07) is 6.11. The van der Waals surface area contributed by atoms with Gasteiger partial charge in [-0.2, -0.15) is 0 Å². The molecule has 1 saturated carbocycles. The molecule has 0 saturated heterocycles. The summed E-state index contributed by atoms with van der Waals surface area (Å²) in [5, 5.41) is 1.94. The average molecular weight is 267 g/mol. The van der Waals surface area contributed by atoms with Crippen molar-refractivity contribution in [2.24, 2.45) is 5.73 Å². The van der Waals surface area contributed by atoms with Crippen LogP contribution in [-0.4, -0.2) is 11.0 Å². The van der Waals surface area contributed by atoms with Gasteiger partial charge in [0.05, 0.1) is 15.2 Å². The number of hydrogen-bond donors (Lipinski definition) is 1. The van der Waals surface area contributed by atoms with Gasteiger partial charge < -0.3 is 5.73 Å². The van der Waals surface area contributed by atoms with Crippen LogP contribution in [0.1, 0.15) is 31.2 Å². The standard InChI is InChI=1S/C13H15ClN2S/c1-13(7-3-6-10(13)15)12-16-9-5-2-4-8(14)11(9)17-12/h2,4-5,10H,3,6-7,15H2,1H3. The molecular weight excluding hydrogens is 252 g/mol. The van der Waals surface area contributed by atoms with E-state index in [1.54, 1.807) is 11.3 Å². The highest BCUT2D eigenvalue weighted by Crippen LogP contribution is 2.43. The first-order valence-electron chi connectivity index (χ1n) is 5.92. The van der Waals surface area contributed by atoms with Gasteiger partial charge in [-0.1, -0.05) is 31.0 Å². The molecule has 2 nitrogen and oxygen atoms in total. The van der Waals surface area contributed by atoms with Gasteiger partial charge in [0, 0.05) is 11.5 Å². The Labute approximate surface area is 110 Å². The topological polar surface area (TPSA) is 38.9 Å². The first kappa shape index (κ1) is 11.5. The van der Waals surface area contributed by atoms with Crippen molar-refractivity contribution in [2.45, 2.75) is 37.6 Å². The second kappa shape index (κ2) is 3.94. The van der Waals surface area contributed by atoms with Gasteiger partial charge in [0.25, 0.3) is 0 Å². The minimum atomic E-state index is 0.0347. The molecule has 1 fully saturated rings. The molecule has 0 amide bonds. The zero-order valence-electron chi connectivity index (χ0n) is 9.74. The number of aromatic nitrogens is 1. The Kier molecular flexibility index (Phi) is 2.65. The van der Waals surface area contributed by atoms with Gasteiger partial charge in [-0.3, -0.25) is 0 Å². The van der Waals surface area contributed by atoms with Crippen LogP contribution >= 0.6 is 22.9 Å². The second-order valence-corrected chi connectivity index (χ2v) is 6.43. The minimum absolute atomic E-state index is 0.0347. The van der Waals surface area contributed by atoms with E-state index in [-0.39, 0.29) is 11.5 Å². The summed E-state index contributed by atoms with van der Waals surface area (Å²) in [5.41, 5.74) is 7.27. The Hall–Kier alpha value is -0.640. The first-order chi connectivity index (χ1) is 8.11. The van der Waals surface area contributed by atoms with Crippen LogP contribution in [0.2, 0.25) is 5.02 Å². The van der Waals surface area contributed by atoms with Crippen LogP contribution < -0.4 is 5.73 Å². The van der Waals surface area contributed by atoms with Crippen LogP contribution in [0.4, 0.5) is 0 Å². The predicted molar refractivity (Wildman–Crippen MR) is 73.8 cm³/mol. The van der Waals surface area contributed by atoms with Crippen molar-refractivity contribution >= 4 is 33.2 Å². The van der Waals surface area contributed by atoms with E-state index in [0.29, 0.717) is 0 Å². The molecule has 4 heteroatoms. The molecule has 0 spiro atoms. The maximum absolute atomic E-state index is 6.24. The van der Waals surface area contributed by atoms with E-state index in [1.165, 1.54) is 6.42 Å². The quantitative estimate of drug-likeness (QED) is 0.854. The monoisotopic (exact) mass is 266 g/mol. The van der Waals surface area contributed by atoms with Crippen molar-refractivity contribution in [3.63, 3.8) is 0 Å². The molecule has 1 aromatic carbocycles. The number of fused-ring (bicyclic) bond motifs is 1. The molecular formula is C13H15ClN2S. The van der Waals surface area contributed by atoms with Crippen molar-refractivity contribution in [2.75, 3.05) is 0 Å². The largest absolute Gasteiger partial charge is 0.327 e. The highest BCUT2D eigenvalue weighted by molar-refractivity contribution is 7.19. The lowest BCUT2D eigenvalue weighted by Gasteiger charge is -2.26. The van der Waals surface area contributed by atoms with E-state index >= 15 is 0 Å². The zero-order chi connectivity index (χ0) is 12.0. The summed E-state index contributed by atoms with van der Waals surface area (Å²) in [6.07, 6.45) is 3.42. The second-order valence-electron chi connectivity index (χ2n) is 5.02. The van der Waals surface area contributed by atoms with Gasteiger partial charge in [0.2, 0.25) is 0 Å². The molecule has 3 rings (SSSR count). The Morgan fingerprint density at radius 1 is 1.53 bits per heavy atom. The fraction of sp³-hybridized carbons (Fsp3) is 0.462. The Morgan fingerprint density at radius 3 is 3.00 bits per heavy atom. The van der Waals surface area contributed by atoms with Crippen LogP contribution in [-0.2, 0) is 5.41 Å². The van der Waals surface area contributed by atoms with Crippen LogP contribution in [0.25, 0.3) is 10.2 Å². The van der Waals surface area contributed by atoms with Crippen molar-refractivity contribution in [1.82, 2.24) is 4.98 Å². The van der Waals surface area contributed by atoms with E-state index in [4.69, 9.17) is 22.3 Å². The number of nitrogens with two attached hydrogens (primary N) is 1. The number of hydrogen-bond acceptors (Lipinski definition) is 3. The molecule has 1 aromatic heterocycles. The Balaban J connectivity index is 2.15. The van der Waals surface area contributed by atoms with Crippen LogP contribution in [0.5, 0.6) is 0 Å². The number of nitrogens with zero attached hydrogens (tertiary/aromatic N) is 1. The van der Waals surface area contributed by atoms with Crippen molar-refractivity contribution in [3.05, 3.63) is 28.2 Å². The summed E-state index contributed by atoms with van der Waals surface area (Å²) in [6.45, 7) is 2.23. The molecule has 0 aliphatic heterocycles. The number of rotatable bonds is 1. The lowest BCUT2D eigenvalue weighted by atomic mass is 9.86. The Bertz CT molecular complexity index is 566. The van der Waals surface area contributed by atoms with Crippen molar-refractivity contribution in [3.8, 4) is 0 Å². The molecule has 2 atom stereocenters. The smallest absolute Gasteiger partial charge is 0.101 e. The third kappa shape index (κ3) is 1.68. The van der Waals surface area contributed by atoms with Gasteiger partial charge in [0.1, 0.15) is 5.01 Å². The van der Waals surface area contributed by atoms with Crippen molar-refractivity contribution < 1.29 is 0 Å². The van der Waals surface area contributed by atoms with Crippen LogP contribution in [0.3, 0.4) is 0 Å². The highest BCUT2D eigenvalue weighted by Gasteiger charge is 2.40. The lowest BCUT2D eigenvalue weighted by Crippen LogP contribution is -2.38. The van der Waals surface area contributed by atoms with E-state index < -0.39 is 0 Å². The van der Waals surface area contributed by atoms with E-state index in [2.05, 4.69) is 6.92 Å². The molecule has 2 aromatic rings. The fourth-order valence-electron chi connectivity index (χ4n) is 2.62. The zero-order valence-corrected chi connectivity index (χ0v) is 11.3. The average Bonchev–Trinajstić information content (AvgIpc) is 2.86. The molecule has 90 valence electrons. The van der Waals surface area contributed by atoms with E-state index in [1.807, 2.05) is 18.2 Å². The summed E-state index contributed by atoms with van der Waals surface area (Å²) in [4.78, 5) is 4.73. The minimum Gasteiger partial charge on any atom is -0.327 e. The molecule has 1 heterocycles. The molecule has 2 N–H and O–H groups in total. The van der Waals surface area contributed by atoms with Gasteiger partial charge in [0.15, 0.2) is 0 Å². The van der Waals surface area contributed by atoms with E-state index in [0.717, 1.165) is 33.1 Å². The summed E-state index contributed by atoms with van der Waals surface area (Å²) >= 11 is 7.90. The van der Waals surface area contributed by atoms with Gasteiger partial charge in [-0.15, -0.1) is 11.3 Å². The van der Waals surface area contributed by atoms with Crippen molar-refractivity contribution in [1.29, 1.82) is 0 Å². The third-order valence-corrected chi connectivity index (χ3v) is 5.70. The van der Waals surface area contributed by atoms with E-state index in [9.17, 15) is 0 Å². The van der Waals surface area contributed by atoms with Crippen LogP contribution in [0.15, 0.2) is 18.2 Å². The highest BCUT2D eigenvalue weighted by atomic mass is 35.5. The third-order valence-electron chi connectivity index (χ3n) is 3.89. The van der Waals surface area contributed by atoms with Gasteiger partial charge >= 0.3 is 0 Å². The maximum atomic E-state index is 6.24. The summed E-state index contributed by atoms with van der Waals surface area (Å²) < 4.78 is 1.09. The summed E-state index contributed by atoms with van der Waals surface area (Å²) in [5.74, 6) is 0. The summed E-state index contributed by atoms with van der Waals surface area (Å²) in [7, 11) is 0. The molecule has 1 aliphatic carbocycles. The first-order valence-corrected chi connectivity index (χ1v) is 7.12. The van der Waals surface area contributed by atoms with Gasteiger partial charge in [-0.25, -0.2) is 4.98 Å². The number of halogens is 1. The van der Waals surface area contributed by atoms with Crippen LogP contribution in [0, 0.1) is 0 Å². The number of thiazole rings is 1.